The monoisotopic (exact) mass is 429 g/mol. The van der Waals surface area contributed by atoms with Crippen molar-refractivity contribution >= 4 is 23.4 Å². The van der Waals surface area contributed by atoms with Gasteiger partial charge in [-0.15, -0.1) is 0 Å². The fourth-order valence-corrected chi connectivity index (χ4v) is 3.61. The number of carbonyl (C=O) groups is 2. The van der Waals surface area contributed by atoms with Crippen LogP contribution in [-0.2, 0) is 9.59 Å². The molecule has 3 rings (SSSR count). The molecule has 7 heteroatoms. The van der Waals surface area contributed by atoms with Gasteiger partial charge in [-0.2, -0.15) is 0 Å². The van der Waals surface area contributed by atoms with Crippen LogP contribution in [0.25, 0.3) is 11.1 Å². The Morgan fingerprint density at radius 1 is 1.00 bits per heavy atom. The molecule has 0 saturated carbocycles. The molecular formula is C23H28ClN3O3. The van der Waals surface area contributed by atoms with Crippen LogP contribution in [0, 0.1) is 0 Å². The number of halogens is 1. The number of ether oxygens (including phenoxy) is 1. The van der Waals surface area contributed by atoms with Gasteiger partial charge in [-0.1, -0.05) is 48.0 Å². The second-order valence-corrected chi connectivity index (χ2v) is 8.01. The number of amides is 2. The standard InChI is InChI=1S/C23H28ClN3O3/c1-25(2)22(28)16-26-11-6-12-27(14-13-26)23(29)17-30-21-10-9-19(15-20(21)24)18-7-4-3-5-8-18/h3-5,7-10,15H,6,11-14,16-17H2,1-2H3. The number of carbonyl (C=O) groups excluding carboxylic acids is 2. The fraction of sp³-hybridized carbons (Fsp3) is 0.391. The molecule has 0 bridgehead atoms. The molecule has 0 unspecified atom stereocenters. The summed E-state index contributed by atoms with van der Waals surface area (Å²) >= 11 is 6.38. The van der Waals surface area contributed by atoms with Gasteiger partial charge in [-0.05, 0) is 29.7 Å². The van der Waals surface area contributed by atoms with Gasteiger partial charge < -0.3 is 14.5 Å². The normalized spacial score (nSPS) is 14.8. The minimum atomic E-state index is -0.0704. The van der Waals surface area contributed by atoms with Gasteiger partial charge in [0.25, 0.3) is 5.91 Å². The lowest BCUT2D eigenvalue weighted by molar-refractivity contribution is -0.133. The lowest BCUT2D eigenvalue weighted by Gasteiger charge is -2.23. The van der Waals surface area contributed by atoms with E-state index >= 15 is 0 Å². The van der Waals surface area contributed by atoms with Gasteiger partial charge in [0.15, 0.2) is 6.61 Å². The molecule has 0 spiro atoms. The molecule has 0 aliphatic carbocycles. The quantitative estimate of drug-likeness (QED) is 0.708. The molecule has 1 fully saturated rings. The average Bonchev–Trinajstić information content (AvgIpc) is 2.99. The molecule has 30 heavy (non-hydrogen) atoms. The van der Waals surface area contributed by atoms with E-state index in [-0.39, 0.29) is 18.4 Å². The van der Waals surface area contributed by atoms with Crippen molar-refractivity contribution < 1.29 is 14.3 Å². The molecule has 6 nitrogen and oxygen atoms in total. The molecule has 2 aromatic carbocycles. The van der Waals surface area contributed by atoms with Crippen LogP contribution in [0.15, 0.2) is 48.5 Å². The van der Waals surface area contributed by atoms with Crippen molar-refractivity contribution in [1.82, 2.24) is 14.7 Å². The predicted molar refractivity (Wildman–Crippen MR) is 119 cm³/mol. The third-order valence-corrected chi connectivity index (χ3v) is 5.48. The lowest BCUT2D eigenvalue weighted by atomic mass is 10.1. The molecule has 1 saturated heterocycles. The highest BCUT2D eigenvalue weighted by Gasteiger charge is 2.21. The van der Waals surface area contributed by atoms with Crippen molar-refractivity contribution in [2.24, 2.45) is 0 Å². The SMILES string of the molecule is CN(C)C(=O)CN1CCCN(C(=O)COc2ccc(-c3ccccc3)cc2Cl)CC1. The van der Waals surface area contributed by atoms with E-state index in [2.05, 4.69) is 4.90 Å². The van der Waals surface area contributed by atoms with Crippen LogP contribution in [0.1, 0.15) is 6.42 Å². The third kappa shape index (κ3) is 5.97. The zero-order valence-electron chi connectivity index (χ0n) is 17.5. The lowest BCUT2D eigenvalue weighted by Crippen LogP contribution is -2.40. The van der Waals surface area contributed by atoms with Crippen LogP contribution >= 0.6 is 11.6 Å². The first-order chi connectivity index (χ1) is 14.4. The first kappa shape index (κ1) is 22.1. The van der Waals surface area contributed by atoms with Gasteiger partial charge >= 0.3 is 0 Å². The number of benzene rings is 2. The molecule has 1 aliphatic heterocycles. The second-order valence-electron chi connectivity index (χ2n) is 7.60. The Hall–Kier alpha value is -2.57. The summed E-state index contributed by atoms with van der Waals surface area (Å²) in [6.45, 7) is 3.06. The van der Waals surface area contributed by atoms with Crippen molar-refractivity contribution in [2.45, 2.75) is 6.42 Å². The second kappa shape index (κ2) is 10.5. The summed E-state index contributed by atoms with van der Waals surface area (Å²) in [5, 5.41) is 0.480. The zero-order valence-corrected chi connectivity index (χ0v) is 18.3. The predicted octanol–water partition coefficient (Wildman–Crippen LogP) is 3.01. The zero-order chi connectivity index (χ0) is 21.5. The highest BCUT2D eigenvalue weighted by atomic mass is 35.5. The van der Waals surface area contributed by atoms with E-state index in [9.17, 15) is 9.59 Å². The Morgan fingerprint density at radius 2 is 1.77 bits per heavy atom. The van der Waals surface area contributed by atoms with Crippen LogP contribution in [0.4, 0.5) is 0 Å². The Morgan fingerprint density at radius 3 is 2.47 bits per heavy atom. The molecule has 2 amide bonds. The summed E-state index contributed by atoms with van der Waals surface area (Å²) in [4.78, 5) is 30.0. The number of hydrogen-bond donors (Lipinski definition) is 0. The van der Waals surface area contributed by atoms with E-state index in [0.717, 1.165) is 24.1 Å². The molecule has 0 N–H and O–H groups in total. The van der Waals surface area contributed by atoms with Gasteiger partial charge in [0.2, 0.25) is 5.91 Å². The highest BCUT2D eigenvalue weighted by Crippen LogP contribution is 2.30. The Labute approximate surface area is 183 Å². The van der Waals surface area contributed by atoms with E-state index in [0.29, 0.717) is 37.0 Å². The number of hydrogen-bond acceptors (Lipinski definition) is 4. The molecule has 160 valence electrons. The summed E-state index contributed by atoms with van der Waals surface area (Å²) in [6, 6.07) is 15.5. The summed E-state index contributed by atoms with van der Waals surface area (Å²) in [6.07, 6.45) is 0.832. The number of rotatable bonds is 6. The van der Waals surface area contributed by atoms with Crippen molar-refractivity contribution in [3.8, 4) is 16.9 Å². The van der Waals surface area contributed by atoms with Crippen molar-refractivity contribution in [3.63, 3.8) is 0 Å². The molecule has 0 radical (unpaired) electrons. The smallest absolute Gasteiger partial charge is 0.260 e. The summed E-state index contributed by atoms with van der Waals surface area (Å²) in [5.41, 5.74) is 2.07. The van der Waals surface area contributed by atoms with Crippen molar-refractivity contribution in [2.75, 3.05) is 53.4 Å². The minimum absolute atomic E-state index is 0.0545. The van der Waals surface area contributed by atoms with Gasteiger partial charge in [0.05, 0.1) is 11.6 Å². The van der Waals surface area contributed by atoms with Crippen LogP contribution in [0.5, 0.6) is 5.75 Å². The number of nitrogens with zero attached hydrogens (tertiary/aromatic N) is 3. The molecule has 1 aliphatic rings. The summed E-state index contributed by atoms with van der Waals surface area (Å²) in [7, 11) is 3.51. The van der Waals surface area contributed by atoms with Crippen LogP contribution in [-0.4, -0.2) is 79.9 Å². The first-order valence-corrected chi connectivity index (χ1v) is 10.5. The van der Waals surface area contributed by atoms with E-state index < -0.39 is 0 Å². The molecular weight excluding hydrogens is 402 g/mol. The largest absolute Gasteiger partial charge is 0.482 e. The van der Waals surface area contributed by atoms with E-state index in [1.54, 1.807) is 30.0 Å². The van der Waals surface area contributed by atoms with E-state index in [1.165, 1.54) is 0 Å². The minimum Gasteiger partial charge on any atom is -0.482 e. The maximum atomic E-state index is 12.6. The van der Waals surface area contributed by atoms with Crippen LogP contribution in [0.2, 0.25) is 5.02 Å². The van der Waals surface area contributed by atoms with E-state index in [4.69, 9.17) is 16.3 Å². The Kier molecular flexibility index (Phi) is 7.71. The van der Waals surface area contributed by atoms with Gasteiger partial charge in [0.1, 0.15) is 5.75 Å². The maximum absolute atomic E-state index is 12.6. The first-order valence-electron chi connectivity index (χ1n) is 10.1. The topological polar surface area (TPSA) is 53.1 Å². The summed E-state index contributed by atoms with van der Waals surface area (Å²) < 4.78 is 5.71. The molecule has 1 heterocycles. The van der Waals surface area contributed by atoms with Gasteiger partial charge in [-0.3, -0.25) is 14.5 Å². The highest BCUT2D eigenvalue weighted by molar-refractivity contribution is 6.32. The maximum Gasteiger partial charge on any atom is 0.260 e. The van der Waals surface area contributed by atoms with Gasteiger partial charge in [-0.25, -0.2) is 0 Å². The Bertz CT molecular complexity index is 873. The number of likely N-dealkylation sites (N-methyl/N-ethyl adjacent to an activating group) is 1. The fourth-order valence-electron chi connectivity index (χ4n) is 3.37. The molecule has 0 atom stereocenters. The van der Waals surface area contributed by atoms with E-state index in [1.807, 2.05) is 42.5 Å². The molecule has 2 aromatic rings. The van der Waals surface area contributed by atoms with Crippen LogP contribution < -0.4 is 4.74 Å². The third-order valence-electron chi connectivity index (χ3n) is 5.19. The van der Waals surface area contributed by atoms with Crippen molar-refractivity contribution in [1.29, 1.82) is 0 Å². The molecule has 0 aromatic heterocycles. The van der Waals surface area contributed by atoms with Gasteiger partial charge in [0, 0.05) is 40.3 Å². The summed E-state index contributed by atoms with van der Waals surface area (Å²) in [5.74, 6) is 0.503. The average molecular weight is 430 g/mol. The Balaban J connectivity index is 1.52. The van der Waals surface area contributed by atoms with Crippen LogP contribution in [0.3, 0.4) is 0 Å². The van der Waals surface area contributed by atoms with Crippen molar-refractivity contribution in [3.05, 3.63) is 53.6 Å².